The average Bonchev–Trinajstić information content (AvgIpc) is 2.81. The maximum absolute atomic E-state index is 13.1. The molecule has 1 heterocycles. The van der Waals surface area contributed by atoms with E-state index < -0.39 is 0 Å². The van der Waals surface area contributed by atoms with Gasteiger partial charge in [0.1, 0.15) is 0 Å². The summed E-state index contributed by atoms with van der Waals surface area (Å²) in [5.74, 6) is 2.04. The fourth-order valence-electron chi connectivity index (χ4n) is 7.17. The van der Waals surface area contributed by atoms with E-state index in [1.807, 2.05) is 0 Å². The predicted octanol–water partition coefficient (Wildman–Crippen LogP) is 2.80. The highest BCUT2D eigenvalue weighted by Crippen LogP contribution is 2.60. The van der Waals surface area contributed by atoms with Crippen molar-refractivity contribution < 1.29 is 19.5 Å². The number of aliphatic hydroxyl groups is 1. The summed E-state index contributed by atoms with van der Waals surface area (Å²) in [6.07, 6.45) is 8.39. The van der Waals surface area contributed by atoms with Crippen LogP contribution in [0.2, 0.25) is 0 Å². The first-order chi connectivity index (χ1) is 15.9. The van der Waals surface area contributed by atoms with E-state index >= 15 is 0 Å². The third kappa shape index (κ3) is 4.65. The van der Waals surface area contributed by atoms with Gasteiger partial charge in [0.15, 0.2) is 0 Å². The Labute approximate surface area is 195 Å². The molecule has 1 aromatic carbocycles. The summed E-state index contributed by atoms with van der Waals surface area (Å²) in [5.41, 5.74) is 0.832. The van der Waals surface area contributed by atoms with E-state index in [-0.39, 0.29) is 42.2 Å². The number of piperidine rings is 1. The number of hydrogen-bond donors (Lipinski definition) is 3. The monoisotopic (exact) mass is 453 g/mol. The van der Waals surface area contributed by atoms with Gasteiger partial charge >= 0.3 is 0 Å². The standard InChI is InChI=1S/C26H35N3O4/c30-16-17-4-6-29(7-5-17)24(32)21-2-1-3-22(11-21)28-23(31)15-27-25(33)26-12-18-8-19(13-26)10-20(9-18)14-26/h1-3,11,17-20,30H,4-10,12-16H2,(H,27,33)(H,28,31). The highest BCUT2D eigenvalue weighted by atomic mass is 16.3. The molecule has 0 unspecified atom stereocenters. The van der Waals surface area contributed by atoms with Crippen molar-refractivity contribution in [2.75, 3.05) is 31.6 Å². The molecule has 5 aliphatic rings. The highest BCUT2D eigenvalue weighted by molar-refractivity contribution is 5.98. The van der Waals surface area contributed by atoms with Crippen LogP contribution in [0.4, 0.5) is 5.69 Å². The first kappa shape index (κ1) is 22.4. The van der Waals surface area contributed by atoms with Crippen molar-refractivity contribution in [3.8, 4) is 0 Å². The molecule has 33 heavy (non-hydrogen) atoms. The molecule has 1 aromatic rings. The lowest BCUT2D eigenvalue weighted by molar-refractivity contribution is -0.146. The van der Waals surface area contributed by atoms with Crippen molar-refractivity contribution in [3.05, 3.63) is 29.8 Å². The molecule has 4 saturated carbocycles. The molecule has 4 bridgehead atoms. The molecule has 7 heteroatoms. The number of aliphatic hydroxyl groups excluding tert-OH is 1. The second-order valence-corrected chi connectivity index (χ2v) is 10.9. The van der Waals surface area contributed by atoms with E-state index in [1.54, 1.807) is 29.2 Å². The maximum Gasteiger partial charge on any atom is 0.253 e. The van der Waals surface area contributed by atoms with Crippen LogP contribution in [-0.2, 0) is 9.59 Å². The van der Waals surface area contributed by atoms with Crippen LogP contribution in [0.5, 0.6) is 0 Å². The number of amides is 3. The van der Waals surface area contributed by atoms with Gasteiger partial charge in [-0.25, -0.2) is 0 Å². The fourth-order valence-corrected chi connectivity index (χ4v) is 7.17. The van der Waals surface area contributed by atoms with Gasteiger partial charge in [-0.1, -0.05) is 6.07 Å². The minimum Gasteiger partial charge on any atom is -0.396 e. The molecule has 5 fully saturated rings. The zero-order valence-electron chi connectivity index (χ0n) is 19.2. The SMILES string of the molecule is O=C(CNC(=O)C12CC3CC(CC(C3)C1)C2)Nc1cccc(C(=O)N2CCC(CO)CC2)c1. The van der Waals surface area contributed by atoms with Crippen LogP contribution in [0, 0.1) is 29.1 Å². The molecule has 3 amide bonds. The molecular formula is C26H35N3O4. The second kappa shape index (κ2) is 9.09. The van der Waals surface area contributed by atoms with Gasteiger partial charge in [0.2, 0.25) is 11.8 Å². The Morgan fingerprint density at radius 1 is 1.00 bits per heavy atom. The van der Waals surface area contributed by atoms with Gasteiger partial charge in [-0.2, -0.15) is 0 Å². The molecular weight excluding hydrogens is 418 g/mol. The third-order valence-electron chi connectivity index (χ3n) is 8.48. The lowest BCUT2D eigenvalue weighted by Gasteiger charge is -2.55. The Hall–Kier alpha value is -2.41. The predicted molar refractivity (Wildman–Crippen MR) is 124 cm³/mol. The Kier molecular flexibility index (Phi) is 6.16. The number of likely N-dealkylation sites (tertiary alicyclic amines) is 1. The number of hydrogen-bond acceptors (Lipinski definition) is 4. The lowest BCUT2D eigenvalue weighted by atomic mass is 9.49. The van der Waals surface area contributed by atoms with Crippen LogP contribution < -0.4 is 10.6 Å². The number of carbonyl (C=O) groups excluding carboxylic acids is 3. The molecule has 0 spiro atoms. The van der Waals surface area contributed by atoms with E-state index in [1.165, 1.54) is 19.3 Å². The van der Waals surface area contributed by atoms with Crippen LogP contribution in [0.1, 0.15) is 61.7 Å². The Morgan fingerprint density at radius 2 is 1.64 bits per heavy atom. The van der Waals surface area contributed by atoms with Crippen LogP contribution >= 0.6 is 0 Å². The Morgan fingerprint density at radius 3 is 2.24 bits per heavy atom. The Bertz CT molecular complexity index is 887. The smallest absolute Gasteiger partial charge is 0.253 e. The van der Waals surface area contributed by atoms with Crippen molar-refractivity contribution in [2.45, 2.75) is 51.4 Å². The number of rotatable bonds is 6. The van der Waals surface area contributed by atoms with Crippen LogP contribution in [0.3, 0.4) is 0 Å². The van der Waals surface area contributed by atoms with Crippen molar-refractivity contribution in [1.29, 1.82) is 0 Å². The van der Waals surface area contributed by atoms with E-state index in [0.29, 0.717) is 42.1 Å². The fraction of sp³-hybridized carbons (Fsp3) is 0.654. The van der Waals surface area contributed by atoms with Crippen LogP contribution in [0.25, 0.3) is 0 Å². The largest absolute Gasteiger partial charge is 0.396 e. The summed E-state index contributed by atoms with van der Waals surface area (Å²) in [6.45, 7) is 1.39. The van der Waals surface area contributed by atoms with E-state index in [0.717, 1.165) is 32.1 Å². The van der Waals surface area contributed by atoms with Crippen molar-refractivity contribution in [1.82, 2.24) is 10.2 Å². The first-order valence-corrected chi connectivity index (χ1v) is 12.5. The van der Waals surface area contributed by atoms with E-state index in [4.69, 9.17) is 0 Å². The first-order valence-electron chi connectivity index (χ1n) is 12.5. The quantitative estimate of drug-likeness (QED) is 0.617. The van der Waals surface area contributed by atoms with Gasteiger partial charge in [-0.15, -0.1) is 0 Å². The summed E-state index contributed by atoms with van der Waals surface area (Å²) < 4.78 is 0. The Balaban J connectivity index is 1.14. The lowest BCUT2D eigenvalue weighted by Crippen LogP contribution is -2.54. The topological polar surface area (TPSA) is 98.7 Å². The molecule has 3 N–H and O–H groups in total. The number of carbonyl (C=O) groups is 3. The summed E-state index contributed by atoms with van der Waals surface area (Å²) in [4.78, 5) is 40.3. The van der Waals surface area contributed by atoms with Gasteiger partial charge in [-0.3, -0.25) is 14.4 Å². The van der Waals surface area contributed by atoms with E-state index in [9.17, 15) is 19.5 Å². The molecule has 6 rings (SSSR count). The number of anilines is 1. The number of nitrogens with zero attached hydrogens (tertiary/aromatic N) is 1. The third-order valence-corrected chi connectivity index (χ3v) is 8.48. The molecule has 1 aliphatic heterocycles. The van der Waals surface area contributed by atoms with Gasteiger partial charge in [0.25, 0.3) is 5.91 Å². The summed E-state index contributed by atoms with van der Waals surface area (Å²) >= 11 is 0. The van der Waals surface area contributed by atoms with E-state index in [2.05, 4.69) is 10.6 Å². The molecule has 0 aromatic heterocycles. The van der Waals surface area contributed by atoms with Crippen molar-refractivity contribution in [3.63, 3.8) is 0 Å². The minimum atomic E-state index is -0.276. The molecule has 7 nitrogen and oxygen atoms in total. The highest BCUT2D eigenvalue weighted by Gasteiger charge is 2.54. The van der Waals surface area contributed by atoms with Gasteiger partial charge < -0.3 is 20.6 Å². The summed E-state index contributed by atoms with van der Waals surface area (Å²) in [5, 5.41) is 15.0. The molecule has 0 radical (unpaired) electrons. The van der Waals surface area contributed by atoms with Crippen molar-refractivity contribution in [2.24, 2.45) is 29.1 Å². The summed E-state index contributed by atoms with van der Waals surface area (Å²) in [6, 6.07) is 6.97. The minimum absolute atomic E-state index is 0.0481. The molecule has 0 atom stereocenters. The molecule has 4 aliphatic carbocycles. The van der Waals surface area contributed by atoms with Crippen LogP contribution in [0.15, 0.2) is 24.3 Å². The zero-order valence-corrected chi connectivity index (χ0v) is 19.2. The second-order valence-electron chi connectivity index (χ2n) is 10.9. The maximum atomic E-state index is 13.1. The number of benzene rings is 1. The normalized spacial score (nSPS) is 30.8. The number of nitrogens with one attached hydrogen (secondary N) is 2. The van der Waals surface area contributed by atoms with Gasteiger partial charge in [0, 0.05) is 36.4 Å². The summed E-state index contributed by atoms with van der Waals surface area (Å²) in [7, 11) is 0. The molecule has 178 valence electrons. The zero-order chi connectivity index (χ0) is 23.0. The van der Waals surface area contributed by atoms with Gasteiger partial charge in [0.05, 0.1) is 6.54 Å². The molecule has 1 saturated heterocycles. The van der Waals surface area contributed by atoms with Crippen LogP contribution in [-0.4, -0.2) is 54.0 Å². The van der Waals surface area contributed by atoms with Gasteiger partial charge in [-0.05, 0) is 93.2 Å². The average molecular weight is 454 g/mol. The van der Waals surface area contributed by atoms with Crippen molar-refractivity contribution >= 4 is 23.4 Å².